The number of aromatic nitrogens is 4. The number of pyridine rings is 2. The summed E-state index contributed by atoms with van der Waals surface area (Å²) in [6, 6.07) is 7.64. The van der Waals surface area contributed by atoms with Gasteiger partial charge in [-0.25, -0.2) is 4.98 Å². The fourth-order valence-corrected chi connectivity index (χ4v) is 3.43. The Balaban J connectivity index is 1.91. The number of carbonyl (C=O) groups excluding carboxylic acids is 1. The first-order valence-electron chi connectivity index (χ1n) is 9.05. The van der Waals surface area contributed by atoms with Crippen LogP contribution in [-0.4, -0.2) is 37.4 Å². The van der Waals surface area contributed by atoms with Crippen molar-refractivity contribution in [2.45, 2.75) is 6.42 Å². The van der Waals surface area contributed by atoms with Gasteiger partial charge in [0, 0.05) is 48.8 Å². The van der Waals surface area contributed by atoms with Gasteiger partial charge in [0.2, 0.25) is 5.91 Å². The van der Waals surface area contributed by atoms with E-state index in [1.54, 1.807) is 23.1 Å². The molecule has 0 aliphatic rings. The summed E-state index contributed by atoms with van der Waals surface area (Å²) in [5, 5.41) is 14.5. The summed E-state index contributed by atoms with van der Waals surface area (Å²) in [7, 11) is 1.86. The lowest BCUT2D eigenvalue weighted by atomic mass is 9.94. The third-order valence-electron chi connectivity index (χ3n) is 4.85. The minimum atomic E-state index is -0.561. The zero-order valence-electron chi connectivity index (χ0n) is 15.8. The van der Waals surface area contributed by atoms with Gasteiger partial charge in [0.25, 0.3) is 0 Å². The average Bonchev–Trinajstić information content (AvgIpc) is 3.14. The van der Waals surface area contributed by atoms with E-state index in [-0.39, 0.29) is 12.4 Å². The van der Waals surface area contributed by atoms with Crippen molar-refractivity contribution in [3.8, 4) is 22.3 Å². The first-order valence-corrected chi connectivity index (χ1v) is 9.05. The number of rotatable bonds is 5. The number of nitrogens with zero attached hydrogens (tertiary/aromatic N) is 4. The molecule has 0 aliphatic heterocycles. The Labute approximate surface area is 166 Å². The topological polar surface area (TPSA) is 133 Å². The van der Waals surface area contributed by atoms with E-state index in [0.717, 1.165) is 27.8 Å². The molecule has 4 aromatic rings. The van der Waals surface area contributed by atoms with Crippen molar-refractivity contribution in [2.75, 3.05) is 12.3 Å². The second-order valence-electron chi connectivity index (χ2n) is 6.79. The molecular weight excluding hydrogens is 368 g/mol. The second-order valence-corrected chi connectivity index (χ2v) is 6.79. The van der Waals surface area contributed by atoms with E-state index >= 15 is 0 Å². The fourth-order valence-electron chi connectivity index (χ4n) is 3.43. The van der Waals surface area contributed by atoms with Crippen molar-refractivity contribution >= 4 is 22.6 Å². The van der Waals surface area contributed by atoms with Crippen LogP contribution in [0.5, 0.6) is 0 Å². The van der Waals surface area contributed by atoms with Gasteiger partial charge in [0.1, 0.15) is 11.3 Å². The Morgan fingerprint density at radius 1 is 1.10 bits per heavy atom. The van der Waals surface area contributed by atoms with Gasteiger partial charge < -0.3 is 16.6 Å². The molecule has 0 unspecified atom stereocenters. The summed E-state index contributed by atoms with van der Waals surface area (Å²) in [6.45, 7) is 0.0187. The van der Waals surface area contributed by atoms with E-state index in [9.17, 15) is 9.90 Å². The predicted octanol–water partition coefficient (Wildman–Crippen LogP) is 1.91. The third-order valence-corrected chi connectivity index (χ3v) is 4.85. The predicted molar refractivity (Wildman–Crippen MR) is 111 cm³/mol. The average molecular weight is 388 g/mol. The molecule has 8 nitrogen and oxygen atoms in total. The summed E-state index contributed by atoms with van der Waals surface area (Å²) in [5.41, 5.74) is 16.8. The van der Waals surface area contributed by atoms with Crippen LogP contribution < -0.4 is 11.5 Å². The third kappa shape index (κ3) is 3.41. The molecule has 0 bridgehead atoms. The number of anilines is 1. The lowest BCUT2D eigenvalue weighted by Gasteiger charge is -2.13. The van der Waals surface area contributed by atoms with Gasteiger partial charge in [0.15, 0.2) is 0 Å². The van der Waals surface area contributed by atoms with Gasteiger partial charge in [-0.1, -0.05) is 18.2 Å². The van der Waals surface area contributed by atoms with Crippen LogP contribution in [0.1, 0.15) is 15.9 Å². The Morgan fingerprint density at radius 3 is 2.62 bits per heavy atom. The van der Waals surface area contributed by atoms with Crippen molar-refractivity contribution in [1.82, 2.24) is 19.7 Å². The Kier molecular flexibility index (Phi) is 4.69. The van der Waals surface area contributed by atoms with Gasteiger partial charge in [-0.05, 0) is 29.2 Å². The number of hydrogen-bond acceptors (Lipinski definition) is 6. The van der Waals surface area contributed by atoms with Crippen LogP contribution in [0.4, 0.5) is 5.82 Å². The molecule has 146 valence electrons. The van der Waals surface area contributed by atoms with E-state index in [2.05, 4.69) is 15.1 Å². The maximum absolute atomic E-state index is 11.6. The van der Waals surface area contributed by atoms with Gasteiger partial charge in [-0.2, -0.15) is 5.10 Å². The number of nitrogen functional groups attached to an aromatic ring is 1. The molecule has 1 amide bonds. The maximum Gasteiger partial charge on any atom is 0.250 e. The van der Waals surface area contributed by atoms with Gasteiger partial charge >= 0.3 is 0 Å². The minimum absolute atomic E-state index is 0.0187. The Morgan fingerprint density at radius 2 is 1.93 bits per heavy atom. The maximum atomic E-state index is 11.6. The standard InChI is InChI=1S/C21H20N6O2/c1-27-11-15(9-26-27)16-3-2-12(6-13(16)4-5-28)18-10-25-20(22)19-17(18)7-14(8-24-19)21(23)29/h2-3,6-11,28H,4-5H2,1H3,(H2,22,25)(H2,23,29). The van der Waals surface area contributed by atoms with Crippen LogP contribution in [0, 0.1) is 0 Å². The molecule has 0 fully saturated rings. The molecule has 0 radical (unpaired) electrons. The summed E-state index contributed by atoms with van der Waals surface area (Å²) >= 11 is 0. The minimum Gasteiger partial charge on any atom is -0.396 e. The van der Waals surface area contributed by atoms with Crippen LogP contribution in [0.2, 0.25) is 0 Å². The van der Waals surface area contributed by atoms with Crippen molar-refractivity contribution in [3.05, 3.63) is 60.2 Å². The van der Waals surface area contributed by atoms with Crippen molar-refractivity contribution in [1.29, 1.82) is 0 Å². The molecule has 0 spiro atoms. The molecular formula is C21H20N6O2. The molecule has 1 aromatic carbocycles. The molecule has 0 aliphatic carbocycles. The zero-order chi connectivity index (χ0) is 20.5. The fraction of sp³-hybridized carbons (Fsp3) is 0.143. The first kappa shape index (κ1) is 18.6. The number of benzene rings is 1. The molecule has 29 heavy (non-hydrogen) atoms. The molecule has 3 heterocycles. The van der Waals surface area contributed by atoms with Gasteiger partial charge in [-0.15, -0.1) is 0 Å². The molecule has 4 rings (SSSR count). The lowest BCUT2D eigenvalue weighted by molar-refractivity contribution is 0.1000. The number of hydrogen-bond donors (Lipinski definition) is 3. The highest BCUT2D eigenvalue weighted by Gasteiger charge is 2.14. The SMILES string of the molecule is Cn1cc(-c2ccc(-c3cnc(N)c4ncc(C(N)=O)cc34)cc2CCO)cn1. The number of aliphatic hydroxyl groups excluding tert-OH is 1. The quantitative estimate of drug-likeness (QED) is 0.478. The van der Waals surface area contributed by atoms with Crippen LogP contribution in [-0.2, 0) is 13.5 Å². The van der Waals surface area contributed by atoms with Crippen molar-refractivity contribution in [3.63, 3.8) is 0 Å². The summed E-state index contributed by atoms with van der Waals surface area (Å²) in [5.74, 6) is -0.282. The highest BCUT2D eigenvalue weighted by Crippen LogP contribution is 2.33. The van der Waals surface area contributed by atoms with E-state index in [0.29, 0.717) is 22.9 Å². The number of nitrogens with two attached hydrogens (primary N) is 2. The van der Waals surface area contributed by atoms with Gasteiger partial charge in [-0.3, -0.25) is 14.5 Å². The van der Waals surface area contributed by atoms with E-state index < -0.39 is 5.91 Å². The molecule has 8 heteroatoms. The summed E-state index contributed by atoms with van der Waals surface area (Å²) in [4.78, 5) is 20.1. The number of fused-ring (bicyclic) bond motifs is 1. The number of carbonyl (C=O) groups is 1. The number of amides is 1. The summed E-state index contributed by atoms with van der Waals surface area (Å²) < 4.78 is 1.74. The van der Waals surface area contributed by atoms with Crippen LogP contribution in [0.25, 0.3) is 33.2 Å². The van der Waals surface area contributed by atoms with E-state index in [1.165, 1.54) is 6.20 Å². The molecule has 5 N–H and O–H groups in total. The Bertz CT molecular complexity index is 1230. The lowest BCUT2D eigenvalue weighted by Crippen LogP contribution is -2.11. The smallest absolute Gasteiger partial charge is 0.250 e. The highest BCUT2D eigenvalue weighted by molar-refractivity contribution is 6.03. The highest BCUT2D eigenvalue weighted by atomic mass is 16.3. The zero-order valence-corrected chi connectivity index (χ0v) is 15.8. The van der Waals surface area contributed by atoms with Crippen LogP contribution in [0.3, 0.4) is 0 Å². The number of aliphatic hydroxyl groups is 1. The molecule has 3 aromatic heterocycles. The normalized spacial score (nSPS) is 11.1. The van der Waals surface area contributed by atoms with Crippen molar-refractivity contribution < 1.29 is 9.90 Å². The second kappa shape index (κ2) is 7.33. The Hall–Kier alpha value is -3.78. The number of aryl methyl sites for hydroxylation is 1. The monoisotopic (exact) mass is 388 g/mol. The first-order chi connectivity index (χ1) is 14.0. The van der Waals surface area contributed by atoms with E-state index in [4.69, 9.17) is 11.5 Å². The van der Waals surface area contributed by atoms with Crippen LogP contribution in [0.15, 0.2) is 49.1 Å². The van der Waals surface area contributed by atoms with Crippen LogP contribution >= 0.6 is 0 Å². The molecule has 0 saturated heterocycles. The van der Waals surface area contributed by atoms with Gasteiger partial charge in [0.05, 0.1) is 11.8 Å². The van der Waals surface area contributed by atoms with E-state index in [1.807, 2.05) is 31.4 Å². The number of primary amides is 1. The van der Waals surface area contributed by atoms with Crippen molar-refractivity contribution in [2.24, 2.45) is 12.8 Å². The largest absolute Gasteiger partial charge is 0.396 e. The summed E-state index contributed by atoms with van der Waals surface area (Å²) in [6.07, 6.45) is 7.27. The molecule has 0 atom stereocenters. The molecule has 0 saturated carbocycles.